The third kappa shape index (κ3) is 5.52. The average Bonchev–Trinajstić information content (AvgIpc) is 2.43. The van der Waals surface area contributed by atoms with Crippen LogP contribution < -0.4 is 4.84 Å². The summed E-state index contributed by atoms with van der Waals surface area (Å²) in [5.41, 5.74) is -0.104. The number of carbonyl (C=O) groups excluding carboxylic acids is 1. The Morgan fingerprint density at radius 3 is 2.14 bits per heavy atom. The Balaban J connectivity index is 2.91. The van der Waals surface area contributed by atoms with Gasteiger partial charge >= 0.3 is 5.97 Å². The Kier molecular flexibility index (Phi) is 6.93. The lowest BCUT2D eigenvalue weighted by Gasteiger charge is -2.28. The zero-order valence-electron chi connectivity index (χ0n) is 13.2. The van der Waals surface area contributed by atoms with Gasteiger partial charge in [-0.15, -0.1) is 0 Å². The Labute approximate surface area is 127 Å². The zero-order chi connectivity index (χ0) is 16.0. The summed E-state index contributed by atoms with van der Waals surface area (Å²) in [6.45, 7) is 8.86. The molecular formula is C15H24NO4P. The highest BCUT2D eigenvalue weighted by Crippen LogP contribution is 2.36. The van der Waals surface area contributed by atoms with Crippen LogP contribution in [0.2, 0.25) is 0 Å². The van der Waals surface area contributed by atoms with Crippen LogP contribution in [0.15, 0.2) is 30.3 Å². The van der Waals surface area contributed by atoms with E-state index in [1.807, 2.05) is 32.0 Å². The normalized spacial score (nSPS) is 14.3. The monoisotopic (exact) mass is 313 g/mol. The summed E-state index contributed by atoms with van der Waals surface area (Å²) in [5.74, 6) is 0.0978. The van der Waals surface area contributed by atoms with Crippen molar-refractivity contribution in [2.24, 2.45) is 0 Å². The molecule has 5 nitrogen and oxygen atoms in total. The van der Waals surface area contributed by atoms with Crippen molar-refractivity contribution >= 4 is 13.9 Å². The SMILES string of the molecule is CC(C)OC(=O)[C@H](C)N(Oc1ccccc1)[PH](=O)C(C)C. The van der Waals surface area contributed by atoms with Gasteiger partial charge in [0.05, 0.1) is 6.10 Å². The molecule has 1 rings (SSSR count). The van der Waals surface area contributed by atoms with E-state index in [1.54, 1.807) is 32.9 Å². The summed E-state index contributed by atoms with van der Waals surface area (Å²) in [6.07, 6.45) is -0.222. The summed E-state index contributed by atoms with van der Waals surface area (Å²) in [4.78, 5) is 19.0. The molecule has 1 aromatic carbocycles. The van der Waals surface area contributed by atoms with Crippen LogP contribution in [-0.2, 0) is 14.1 Å². The minimum absolute atomic E-state index is 0.104. The lowest BCUT2D eigenvalue weighted by molar-refractivity contribution is -0.158. The van der Waals surface area contributed by atoms with Gasteiger partial charge in [-0.3, -0.25) is 4.79 Å². The molecule has 0 N–H and O–H groups in total. The van der Waals surface area contributed by atoms with Gasteiger partial charge in [0.25, 0.3) is 0 Å². The van der Waals surface area contributed by atoms with Crippen molar-refractivity contribution in [3.8, 4) is 5.75 Å². The van der Waals surface area contributed by atoms with E-state index < -0.39 is 20.0 Å². The molecule has 0 saturated heterocycles. The van der Waals surface area contributed by atoms with Crippen LogP contribution >= 0.6 is 7.95 Å². The van der Waals surface area contributed by atoms with Gasteiger partial charge in [-0.25, -0.2) is 0 Å². The van der Waals surface area contributed by atoms with Crippen LogP contribution in [0, 0.1) is 0 Å². The molecule has 1 unspecified atom stereocenters. The van der Waals surface area contributed by atoms with Gasteiger partial charge in [0.2, 0.25) is 0 Å². The zero-order valence-corrected chi connectivity index (χ0v) is 14.2. The number of benzene rings is 1. The van der Waals surface area contributed by atoms with Crippen LogP contribution in [0.5, 0.6) is 5.75 Å². The number of nitrogens with zero attached hydrogens (tertiary/aromatic N) is 1. The topological polar surface area (TPSA) is 55.8 Å². The molecule has 0 saturated carbocycles. The molecule has 6 heteroatoms. The second-order valence-corrected chi connectivity index (χ2v) is 7.66. The Morgan fingerprint density at radius 1 is 1.10 bits per heavy atom. The summed E-state index contributed by atoms with van der Waals surface area (Å²) in [5, 5.41) is 0. The first-order chi connectivity index (χ1) is 9.82. The number of hydroxylamine groups is 1. The lowest BCUT2D eigenvalue weighted by atomic mass is 10.3. The molecule has 0 aliphatic rings. The standard InChI is InChI=1S/C15H24NO4P/c1-11(2)19-15(17)13(5)16(21(18)12(3)4)20-14-9-7-6-8-10-14/h6-13,21H,1-5H3/t13-/m0/s1. The largest absolute Gasteiger partial charge is 0.462 e. The minimum atomic E-state index is -2.26. The maximum atomic E-state index is 12.5. The summed E-state index contributed by atoms with van der Waals surface area (Å²) >= 11 is 0. The first kappa shape index (κ1) is 17.7. The smallest absolute Gasteiger partial charge is 0.327 e. The predicted octanol–water partition coefficient (Wildman–Crippen LogP) is 3.51. The molecule has 0 aliphatic carbocycles. The van der Waals surface area contributed by atoms with Crippen LogP contribution in [0.3, 0.4) is 0 Å². The maximum Gasteiger partial charge on any atom is 0.327 e. The van der Waals surface area contributed by atoms with Crippen LogP contribution in [-0.4, -0.2) is 28.6 Å². The highest BCUT2D eigenvalue weighted by molar-refractivity contribution is 7.42. The van der Waals surface area contributed by atoms with E-state index in [2.05, 4.69) is 0 Å². The predicted molar refractivity (Wildman–Crippen MR) is 83.7 cm³/mol. The van der Waals surface area contributed by atoms with Crippen molar-refractivity contribution in [1.82, 2.24) is 4.83 Å². The fraction of sp³-hybridized carbons (Fsp3) is 0.533. The molecule has 0 heterocycles. The molecular weight excluding hydrogens is 289 g/mol. The summed E-state index contributed by atoms with van der Waals surface area (Å²) in [7, 11) is -2.26. The number of hydrogen-bond donors (Lipinski definition) is 0. The van der Waals surface area contributed by atoms with E-state index >= 15 is 0 Å². The van der Waals surface area contributed by atoms with Gasteiger partial charge in [-0.2, -0.15) is 0 Å². The molecule has 0 bridgehead atoms. The minimum Gasteiger partial charge on any atom is -0.462 e. The van der Waals surface area contributed by atoms with E-state index in [0.717, 1.165) is 0 Å². The Morgan fingerprint density at radius 2 is 1.67 bits per heavy atom. The first-order valence-electron chi connectivity index (χ1n) is 7.09. The van der Waals surface area contributed by atoms with Gasteiger partial charge in [0.1, 0.15) is 11.8 Å². The molecule has 21 heavy (non-hydrogen) atoms. The Bertz CT molecular complexity index is 476. The molecule has 0 spiro atoms. The second kappa shape index (κ2) is 8.20. The van der Waals surface area contributed by atoms with Gasteiger partial charge < -0.3 is 14.1 Å². The fourth-order valence-electron chi connectivity index (χ4n) is 1.59. The number of carbonyl (C=O) groups is 1. The third-order valence-electron chi connectivity index (χ3n) is 2.70. The maximum absolute atomic E-state index is 12.5. The summed E-state index contributed by atoms with van der Waals surface area (Å²) in [6, 6.07) is 8.26. The molecule has 0 fully saturated rings. The van der Waals surface area contributed by atoms with Crippen molar-refractivity contribution in [1.29, 1.82) is 0 Å². The quantitative estimate of drug-likeness (QED) is 0.438. The third-order valence-corrected chi connectivity index (χ3v) is 4.60. The van der Waals surface area contributed by atoms with Crippen molar-refractivity contribution < 1.29 is 18.9 Å². The van der Waals surface area contributed by atoms with Crippen molar-refractivity contribution in [3.05, 3.63) is 30.3 Å². The van der Waals surface area contributed by atoms with Gasteiger partial charge in [0, 0.05) is 5.66 Å². The van der Waals surface area contributed by atoms with Crippen LogP contribution in [0.1, 0.15) is 34.6 Å². The van der Waals surface area contributed by atoms with E-state index in [9.17, 15) is 9.36 Å². The lowest BCUT2D eigenvalue weighted by Crippen LogP contribution is -2.39. The van der Waals surface area contributed by atoms with E-state index in [4.69, 9.17) is 9.57 Å². The van der Waals surface area contributed by atoms with E-state index in [0.29, 0.717) is 5.75 Å². The summed E-state index contributed by atoms with van der Waals surface area (Å²) < 4.78 is 17.6. The number of rotatable bonds is 7. The first-order valence-corrected chi connectivity index (χ1v) is 8.52. The van der Waals surface area contributed by atoms with E-state index in [1.165, 1.54) is 4.83 Å². The number of ether oxygens (including phenoxy) is 1. The van der Waals surface area contributed by atoms with Gasteiger partial charge in [0.15, 0.2) is 7.95 Å². The number of esters is 1. The average molecular weight is 313 g/mol. The fourth-order valence-corrected chi connectivity index (χ4v) is 2.78. The van der Waals surface area contributed by atoms with Gasteiger partial charge in [-0.1, -0.05) is 36.9 Å². The molecule has 0 aromatic heterocycles. The van der Waals surface area contributed by atoms with Gasteiger partial charge in [-0.05, 0) is 32.9 Å². The van der Waals surface area contributed by atoms with Crippen molar-refractivity contribution in [2.45, 2.75) is 52.4 Å². The highest BCUT2D eigenvalue weighted by atomic mass is 31.1. The van der Waals surface area contributed by atoms with Crippen molar-refractivity contribution in [2.75, 3.05) is 0 Å². The molecule has 118 valence electrons. The molecule has 1 aromatic rings. The van der Waals surface area contributed by atoms with Crippen LogP contribution in [0.4, 0.5) is 0 Å². The Hall–Kier alpha value is -1.32. The van der Waals surface area contributed by atoms with E-state index in [-0.39, 0.29) is 11.8 Å². The second-order valence-electron chi connectivity index (χ2n) is 5.38. The number of hydrogen-bond acceptors (Lipinski definition) is 4. The molecule has 0 amide bonds. The van der Waals surface area contributed by atoms with Crippen LogP contribution in [0.25, 0.3) is 0 Å². The number of para-hydroxylation sites is 1. The highest BCUT2D eigenvalue weighted by Gasteiger charge is 2.31. The van der Waals surface area contributed by atoms with Crippen molar-refractivity contribution in [3.63, 3.8) is 0 Å². The molecule has 2 atom stereocenters. The molecule has 0 radical (unpaired) electrons. The molecule has 0 aliphatic heterocycles.